The van der Waals surface area contributed by atoms with Crippen molar-refractivity contribution in [3.05, 3.63) is 46.7 Å². The second-order valence-electron chi connectivity index (χ2n) is 4.97. The Kier molecular flexibility index (Phi) is 5.93. The monoisotopic (exact) mass is 288 g/mol. The normalized spacial score (nSPS) is 10.5. The van der Waals surface area contributed by atoms with E-state index < -0.39 is 0 Å². The Morgan fingerprint density at radius 2 is 1.70 bits per heavy atom. The van der Waals surface area contributed by atoms with Crippen molar-refractivity contribution in [2.45, 2.75) is 33.2 Å². The van der Waals surface area contributed by atoms with Crippen LogP contribution in [0.25, 0.3) is 0 Å². The summed E-state index contributed by atoms with van der Waals surface area (Å²) in [6.45, 7) is 7.65. The third-order valence-corrected chi connectivity index (χ3v) is 4.14. The van der Waals surface area contributed by atoms with Crippen molar-refractivity contribution in [3.8, 4) is 0 Å². The van der Waals surface area contributed by atoms with Crippen LogP contribution in [0.4, 0.5) is 11.4 Å². The first-order valence-electron chi connectivity index (χ1n) is 7.44. The summed E-state index contributed by atoms with van der Waals surface area (Å²) in [5, 5.41) is 5.59. The summed E-state index contributed by atoms with van der Waals surface area (Å²) < 4.78 is 0. The van der Waals surface area contributed by atoms with Gasteiger partial charge in [-0.3, -0.25) is 0 Å². The summed E-state index contributed by atoms with van der Waals surface area (Å²) in [5.41, 5.74) is 2.52. The number of hydrogen-bond acceptors (Lipinski definition) is 3. The van der Waals surface area contributed by atoms with Crippen molar-refractivity contribution in [1.29, 1.82) is 0 Å². The highest BCUT2D eigenvalue weighted by atomic mass is 32.1. The maximum atomic E-state index is 3.47. The van der Waals surface area contributed by atoms with E-state index in [0.29, 0.717) is 0 Å². The Balaban J connectivity index is 1.94. The molecule has 0 bridgehead atoms. The molecule has 0 aliphatic rings. The second-order valence-corrected chi connectivity index (χ2v) is 6.00. The molecule has 0 spiro atoms. The molecule has 2 nitrogen and oxygen atoms in total. The van der Waals surface area contributed by atoms with Crippen LogP contribution in [0.2, 0.25) is 0 Å². The van der Waals surface area contributed by atoms with Gasteiger partial charge in [-0.05, 0) is 48.6 Å². The number of benzene rings is 1. The molecule has 0 fully saturated rings. The first-order valence-corrected chi connectivity index (χ1v) is 8.32. The van der Waals surface area contributed by atoms with Crippen LogP contribution >= 0.6 is 11.3 Å². The summed E-state index contributed by atoms with van der Waals surface area (Å²) in [5.74, 6) is 0. The molecule has 0 saturated carbocycles. The molecule has 1 N–H and O–H groups in total. The summed E-state index contributed by atoms with van der Waals surface area (Å²) in [6.07, 6.45) is 2.39. The molecule has 2 aromatic rings. The zero-order valence-corrected chi connectivity index (χ0v) is 13.2. The van der Waals surface area contributed by atoms with Crippen LogP contribution in [0, 0.1) is 0 Å². The van der Waals surface area contributed by atoms with Gasteiger partial charge in [0, 0.05) is 35.9 Å². The summed E-state index contributed by atoms with van der Waals surface area (Å²) in [4.78, 5) is 3.83. The third-order valence-electron chi connectivity index (χ3n) is 3.27. The minimum Gasteiger partial charge on any atom is -0.380 e. The standard InChI is InChI=1S/C17H24N2S/c1-3-11-19(12-4-2)16-9-7-15(8-10-16)18-14-17-6-5-13-20-17/h5-10,13,18H,3-4,11-12,14H2,1-2H3. The van der Waals surface area contributed by atoms with Gasteiger partial charge in [-0.2, -0.15) is 0 Å². The molecular weight excluding hydrogens is 264 g/mol. The van der Waals surface area contributed by atoms with E-state index in [4.69, 9.17) is 0 Å². The van der Waals surface area contributed by atoms with Crippen LogP contribution in [-0.2, 0) is 6.54 Å². The maximum Gasteiger partial charge on any atom is 0.0494 e. The largest absolute Gasteiger partial charge is 0.380 e. The van der Waals surface area contributed by atoms with E-state index >= 15 is 0 Å². The van der Waals surface area contributed by atoms with E-state index in [1.165, 1.54) is 29.1 Å². The zero-order chi connectivity index (χ0) is 14.2. The highest BCUT2D eigenvalue weighted by Gasteiger charge is 2.04. The fourth-order valence-electron chi connectivity index (χ4n) is 2.30. The topological polar surface area (TPSA) is 15.3 Å². The molecule has 0 aliphatic heterocycles. The predicted octanol–water partition coefficient (Wildman–Crippen LogP) is 4.99. The highest BCUT2D eigenvalue weighted by Crippen LogP contribution is 2.19. The van der Waals surface area contributed by atoms with E-state index in [0.717, 1.165) is 19.6 Å². The molecule has 1 heterocycles. The van der Waals surface area contributed by atoms with Gasteiger partial charge in [0.1, 0.15) is 0 Å². The summed E-state index contributed by atoms with van der Waals surface area (Å²) in [6, 6.07) is 13.1. The van der Waals surface area contributed by atoms with Crippen LogP contribution in [0.3, 0.4) is 0 Å². The molecule has 2 rings (SSSR count). The fraction of sp³-hybridized carbons (Fsp3) is 0.412. The Morgan fingerprint density at radius 3 is 2.25 bits per heavy atom. The van der Waals surface area contributed by atoms with E-state index in [1.54, 1.807) is 11.3 Å². The molecule has 108 valence electrons. The number of anilines is 2. The lowest BCUT2D eigenvalue weighted by Gasteiger charge is -2.24. The van der Waals surface area contributed by atoms with Crippen molar-refractivity contribution >= 4 is 22.7 Å². The van der Waals surface area contributed by atoms with Gasteiger partial charge in [0.05, 0.1) is 0 Å². The average molecular weight is 288 g/mol. The second kappa shape index (κ2) is 7.95. The molecule has 1 aromatic heterocycles. The first kappa shape index (κ1) is 14.9. The molecule has 0 atom stereocenters. The van der Waals surface area contributed by atoms with Crippen molar-refractivity contribution in [2.24, 2.45) is 0 Å². The van der Waals surface area contributed by atoms with E-state index in [1.807, 2.05) is 0 Å². The number of rotatable bonds is 8. The lowest BCUT2D eigenvalue weighted by molar-refractivity contribution is 0.745. The molecule has 20 heavy (non-hydrogen) atoms. The number of nitrogens with zero attached hydrogens (tertiary/aromatic N) is 1. The minimum absolute atomic E-state index is 0.907. The van der Waals surface area contributed by atoms with E-state index in [2.05, 4.69) is 65.8 Å². The van der Waals surface area contributed by atoms with Gasteiger partial charge in [0.2, 0.25) is 0 Å². The molecule has 3 heteroatoms. The minimum atomic E-state index is 0.907. The van der Waals surface area contributed by atoms with Crippen LogP contribution in [0.1, 0.15) is 31.6 Å². The lowest BCUT2D eigenvalue weighted by Crippen LogP contribution is -2.24. The van der Waals surface area contributed by atoms with Gasteiger partial charge >= 0.3 is 0 Å². The molecule has 1 aromatic carbocycles. The van der Waals surface area contributed by atoms with Gasteiger partial charge in [-0.15, -0.1) is 11.3 Å². The van der Waals surface area contributed by atoms with Gasteiger partial charge in [0.15, 0.2) is 0 Å². The fourth-order valence-corrected chi connectivity index (χ4v) is 2.95. The number of thiophene rings is 1. The molecule has 0 amide bonds. The van der Waals surface area contributed by atoms with E-state index in [-0.39, 0.29) is 0 Å². The number of hydrogen-bond donors (Lipinski definition) is 1. The Bertz CT molecular complexity index is 470. The Morgan fingerprint density at radius 1 is 1.00 bits per heavy atom. The Hall–Kier alpha value is -1.48. The molecule has 0 aliphatic carbocycles. The van der Waals surface area contributed by atoms with Crippen LogP contribution < -0.4 is 10.2 Å². The maximum absolute atomic E-state index is 3.47. The Labute approximate surface area is 126 Å². The van der Waals surface area contributed by atoms with Crippen molar-refractivity contribution in [2.75, 3.05) is 23.3 Å². The summed E-state index contributed by atoms with van der Waals surface area (Å²) >= 11 is 1.79. The highest BCUT2D eigenvalue weighted by molar-refractivity contribution is 7.09. The van der Waals surface area contributed by atoms with Gasteiger partial charge in [-0.25, -0.2) is 0 Å². The van der Waals surface area contributed by atoms with Gasteiger partial charge in [-0.1, -0.05) is 19.9 Å². The average Bonchev–Trinajstić information content (AvgIpc) is 2.99. The lowest BCUT2D eigenvalue weighted by atomic mass is 10.2. The van der Waals surface area contributed by atoms with E-state index in [9.17, 15) is 0 Å². The zero-order valence-electron chi connectivity index (χ0n) is 12.4. The van der Waals surface area contributed by atoms with Crippen molar-refractivity contribution in [1.82, 2.24) is 0 Å². The SMILES string of the molecule is CCCN(CCC)c1ccc(NCc2cccs2)cc1. The van der Waals surface area contributed by atoms with Crippen LogP contribution in [-0.4, -0.2) is 13.1 Å². The number of nitrogens with one attached hydrogen (secondary N) is 1. The van der Waals surface area contributed by atoms with Crippen molar-refractivity contribution in [3.63, 3.8) is 0 Å². The molecular formula is C17H24N2S. The van der Waals surface area contributed by atoms with Gasteiger partial charge < -0.3 is 10.2 Å². The first-order chi connectivity index (χ1) is 9.83. The summed E-state index contributed by atoms with van der Waals surface area (Å²) in [7, 11) is 0. The van der Waals surface area contributed by atoms with Crippen molar-refractivity contribution < 1.29 is 0 Å². The molecule has 0 unspecified atom stereocenters. The third kappa shape index (κ3) is 4.27. The molecule has 0 saturated heterocycles. The van der Waals surface area contributed by atoms with Crippen LogP contribution in [0.15, 0.2) is 41.8 Å². The smallest absolute Gasteiger partial charge is 0.0494 e. The van der Waals surface area contributed by atoms with Gasteiger partial charge in [0.25, 0.3) is 0 Å². The predicted molar refractivity (Wildman–Crippen MR) is 90.9 cm³/mol. The molecule has 0 radical (unpaired) electrons. The quantitative estimate of drug-likeness (QED) is 0.736. The van der Waals surface area contributed by atoms with Crippen LogP contribution in [0.5, 0.6) is 0 Å².